The van der Waals surface area contributed by atoms with Crippen molar-refractivity contribution in [3.8, 4) is 11.1 Å². The number of benzene rings is 2. The summed E-state index contributed by atoms with van der Waals surface area (Å²) in [5.41, 5.74) is 8.33. The molecule has 0 heterocycles. The van der Waals surface area contributed by atoms with E-state index < -0.39 is 5.97 Å². The van der Waals surface area contributed by atoms with Crippen molar-refractivity contribution in [1.29, 1.82) is 0 Å². The molecule has 0 aliphatic rings. The van der Waals surface area contributed by atoms with Crippen LogP contribution in [0, 0.1) is 0 Å². The molecule has 0 saturated carbocycles. The van der Waals surface area contributed by atoms with Crippen LogP contribution in [0.3, 0.4) is 0 Å². The highest BCUT2D eigenvalue weighted by atomic mass is 35.5. The number of hydrogen-bond donors (Lipinski definition) is 1. The summed E-state index contributed by atoms with van der Waals surface area (Å²) in [5, 5.41) is 1.09. The maximum Gasteiger partial charge on any atom is 0.340 e. The van der Waals surface area contributed by atoms with E-state index in [9.17, 15) is 4.79 Å². The number of ether oxygens (including phenoxy) is 1. The van der Waals surface area contributed by atoms with Crippen molar-refractivity contribution in [2.75, 3.05) is 26.4 Å². The average Bonchev–Trinajstić information content (AvgIpc) is 2.52. The van der Waals surface area contributed by atoms with E-state index in [-0.39, 0.29) is 6.04 Å². The van der Waals surface area contributed by atoms with Crippen molar-refractivity contribution >= 4 is 34.9 Å². The molecule has 1 unspecified atom stereocenters. The lowest BCUT2D eigenvalue weighted by atomic mass is 10.0. The van der Waals surface area contributed by atoms with Crippen LogP contribution < -0.4 is 5.73 Å². The van der Waals surface area contributed by atoms with Crippen LogP contribution in [-0.4, -0.2) is 37.6 Å². The van der Waals surface area contributed by atoms with Gasteiger partial charge in [0.05, 0.1) is 5.56 Å². The molecule has 2 aromatic carbocycles. The third kappa shape index (κ3) is 4.41. The van der Waals surface area contributed by atoms with E-state index >= 15 is 0 Å². The largest absolute Gasteiger partial charge is 0.460 e. The fourth-order valence-electron chi connectivity index (χ4n) is 2.06. The highest BCUT2D eigenvalue weighted by Gasteiger charge is 2.15. The summed E-state index contributed by atoms with van der Waals surface area (Å²) in [6.07, 6.45) is 0. The lowest BCUT2D eigenvalue weighted by molar-refractivity contribution is 0.0418. The van der Waals surface area contributed by atoms with E-state index in [0.29, 0.717) is 27.9 Å². The van der Waals surface area contributed by atoms with Gasteiger partial charge in [-0.2, -0.15) is 0 Å². The topological polar surface area (TPSA) is 55.6 Å². The average molecular weight is 367 g/mol. The molecular weight excluding hydrogens is 347 g/mol. The van der Waals surface area contributed by atoms with Gasteiger partial charge in [0.2, 0.25) is 0 Å². The van der Waals surface area contributed by atoms with Gasteiger partial charge >= 0.3 is 5.97 Å². The van der Waals surface area contributed by atoms with Crippen molar-refractivity contribution in [3.05, 3.63) is 52.0 Å². The summed E-state index contributed by atoms with van der Waals surface area (Å²) < 4.78 is 5.31. The molecule has 0 spiro atoms. The van der Waals surface area contributed by atoms with Gasteiger partial charge in [0, 0.05) is 27.3 Å². The minimum absolute atomic E-state index is 0.127. The Morgan fingerprint density at radius 2 is 1.92 bits per heavy atom. The smallest absolute Gasteiger partial charge is 0.340 e. The Labute approximate surface area is 152 Å². The van der Waals surface area contributed by atoms with E-state index in [1.54, 1.807) is 30.3 Å². The van der Waals surface area contributed by atoms with E-state index in [4.69, 9.17) is 33.7 Å². The molecule has 0 aliphatic carbocycles. The van der Waals surface area contributed by atoms with Crippen molar-refractivity contribution < 1.29 is 9.53 Å². The molecule has 0 radical (unpaired) electrons. The molecule has 2 N–H and O–H groups in total. The second-order valence-corrected chi connectivity index (χ2v) is 6.68. The van der Waals surface area contributed by atoms with Crippen molar-refractivity contribution in [1.82, 2.24) is 4.90 Å². The Morgan fingerprint density at radius 1 is 1.21 bits per heavy atom. The summed E-state index contributed by atoms with van der Waals surface area (Å²) >= 11 is 12.1. The van der Waals surface area contributed by atoms with Gasteiger partial charge in [-0.05, 0) is 50.8 Å². The van der Waals surface area contributed by atoms with E-state index in [1.165, 1.54) is 0 Å². The van der Waals surface area contributed by atoms with Crippen LogP contribution >= 0.6 is 23.2 Å². The maximum absolute atomic E-state index is 12.2. The molecule has 0 saturated heterocycles. The van der Waals surface area contributed by atoms with Gasteiger partial charge in [-0.25, -0.2) is 4.79 Å². The predicted octanol–water partition coefficient (Wildman–Crippen LogP) is 4.35. The lowest BCUT2D eigenvalue weighted by Crippen LogP contribution is -2.30. The number of likely N-dealkylation sites (N-methyl/N-ethyl adjacent to an activating group) is 1. The van der Waals surface area contributed by atoms with Crippen LogP contribution in [-0.2, 0) is 4.74 Å². The lowest BCUT2D eigenvalue weighted by Gasteiger charge is -2.19. The van der Waals surface area contributed by atoms with Gasteiger partial charge in [-0.15, -0.1) is 0 Å². The Hall–Kier alpha value is -1.75. The van der Waals surface area contributed by atoms with Crippen LogP contribution in [0.1, 0.15) is 17.3 Å². The quantitative estimate of drug-likeness (QED) is 0.631. The molecule has 24 heavy (non-hydrogen) atoms. The summed E-state index contributed by atoms with van der Waals surface area (Å²) in [4.78, 5) is 14.2. The Bertz CT molecular complexity index is 748. The minimum atomic E-state index is -0.435. The molecular formula is C18H20Cl2N2O2. The molecule has 0 fully saturated rings. The van der Waals surface area contributed by atoms with Crippen molar-refractivity contribution in [2.24, 2.45) is 0 Å². The molecule has 0 bridgehead atoms. The van der Waals surface area contributed by atoms with E-state index in [0.717, 1.165) is 11.1 Å². The molecule has 128 valence electrons. The van der Waals surface area contributed by atoms with Crippen LogP contribution in [0.15, 0.2) is 36.4 Å². The van der Waals surface area contributed by atoms with Gasteiger partial charge in [0.1, 0.15) is 6.61 Å². The summed E-state index contributed by atoms with van der Waals surface area (Å²) in [6, 6.07) is 10.5. The first-order valence-corrected chi connectivity index (χ1v) is 8.23. The fraction of sp³-hybridized carbons (Fsp3) is 0.278. The SMILES string of the molecule is CC(COC(=O)c1ccc(-c2ccc(Cl)cc2Cl)cc1N)N(C)C. The van der Waals surface area contributed by atoms with Crippen LogP contribution in [0.2, 0.25) is 10.0 Å². The van der Waals surface area contributed by atoms with Crippen molar-refractivity contribution in [3.63, 3.8) is 0 Å². The zero-order valence-corrected chi connectivity index (χ0v) is 15.4. The number of carbonyl (C=O) groups excluding carboxylic acids is 1. The number of anilines is 1. The molecule has 0 aromatic heterocycles. The first-order valence-electron chi connectivity index (χ1n) is 7.48. The fourth-order valence-corrected chi connectivity index (χ4v) is 2.58. The number of carbonyl (C=O) groups is 1. The molecule has 1 atom stereocenters. The number of nitrogens with zero attached hydrogens (tertiary/aromatic N) is 1. The number of esters is 1. The predicted molar refractivity (Wildman–Crippen MR) is 99.7 cm³/mol. The molecule has 2 aromatic rings. The highest BCUT2D eigenvalue weighted by Crippen LogP contribution is 2.32. The standard InChI is InChI=1S/C18H20Cl2N2O2/c1-11(22(2)3)10-24-18(23)15-6-4-12(8-17(15)21)14-7-5-13(19)9-16(14)20/h4-9,11H,10,21H2,1-3H3. The summed E-state index contributed by atoms with van der Waals surface area (Å²) in [6.45, 7) is 2.28. The first kappa shape index (κ1) is 18.6. The van der Waals surface area contributed by atoms with E-state index in [1.807, 2.05) is 32.0 Å². The molecule has 0 aliphatic heterocycles. The maximum atomic E-state index is 12.2. The Morgan fingerprint density at radius 3 is 2.50 bits per heavy atom. The number of nitrogens with two attached hydrogens (primary N) is 1. The minimum Gasteiger partial charge on any atom is -0.460 e. The zero-order chi connectivity index (χ0) is 17.9. The van der Waals surface area contributed by atoms with Gasteiger partial charge in [-0.3, -0.25) is 0 Å². The monoisotopic (exact) mass is 366 g/mol. The van der Waals surface area contributed by atoms with Crippen LogP contribution in [0.5, 0.6) is 0 Å². The van der Waals surface area contributed by atoms with Gasteiger partial charge in [0.25, 0.3) is 0 Å². The number of hydrogen-bond acceptors (Lipinski definition) is 4. The zero-order valence-electron chi connectivity index (χ0n) is 13.8. The molecule has 6 heteroatoms. The number of nitrogen functional groups attached to an aromatic ring is 1. The van der Waals surface area contributed by atoms with Crippen LogP contribution in [0.25, 0.3) is 11.1 Å². The highest BCUT2D eigenvalue weighted by molar-refractivity contribution is 6.36. The third-order valence-electron chi connectivity index (χ3n) is 3.85. The van der Waals surface area contributed by atoms with Crippen LogP contribution in [0.4, 0.5) is 5.69 Å². The normalized spacial score (nSPS) is 12.2. The Balaban J connectivity index is 2.19. The number of halogens is 2. The molecule has 2 rings (SSSR count). The van der Waals surface area contributed by atoms with Gasteiger partial charge in [0.15, 0.2) is 0 Å². The number of rotatable bonds is 5. The molecule has 4 nitrogen and oxygen atoms in total. The second kappa shape index (κ2) is 7.88. The van der Waals surface area contributed by atoms with Crippen molar-refractivity contribution in [2.45, 2.75) is 13.0 Å². The van der Waals surface area contributed by atoms with Gasteiger partial charge in [-0.1, -0.05) is 35.3 Å². The first-order chi connectivity index (χ1) is 11.3. The summed E-state index contributed by atoms with van der Waals surface area (Å²) in [7, 11) is 3.86. The third-order valence-corrected chi connectivity index (χ3v) is 4.40. The second-order valence-electron chi connectivity index (χ2n) is 5.84. The van der Waals surface area contributed by atoms with Gasteiger partial charge < -0.3 is 15.4 Å². The Kier molecular flexibility index (Phi) is 6.10. The summed E-state index contributed by atoms with van der Waals surface area (Å²) in [5.74, 6) is -0.435. The van der Waals surface area contributed by atoms with E-state index in [2.05, 4.69) is 0 Å². The molecule has 0 amide bonds.